The Bertz CT molecular complexity index is 725. The van der Waals surface area contributed by atoms with Gasteiger partial charge in [-0.3, -0.25) is 4.79 Å². The first kappa shape index (κ1) is 19.3. The zero-order valence-corrected chi connectivity index (χ0v) is 16.2. The summed E-state index contributed by atoms with van der Waals surface area (Å²) in [5.74, 6) is 0.321. The van der Waals surface area contributed by atoms with Gasteiger partial charge in [-0.05, 0) is 57.2 Å². The van der Waals surface area contributed by atoms with Crippen LogP contribution in [0.15, 0.2) is 29.2 Å². The first-order valence-electron chi connectivity index (χ1n) is 9.49. The minimum absolute atomic E-state index is 0.0581. The number of sulfonamides is 1. The molecule has 1 aromatic rings. The van der Waals surface area contributed by atoms with Crippen LogP contribution < -0.4 is 11.1 Å². The molecule has 2 unspecified atom stereocenters. The van der Waals surface area contributed by atoms with Gasteiger partial charge >= 0.3 is 0 Å². The lowest BCUT2D eigenvalue weighted by Gasteiger charge is -2.31. The quantitative estimate of drug-likeness (QED) is 0.813. The lowest BCUT2D eigenvalue weighted by Crippen LogP contribution is -2.46. The molecule has 1 aliphatic carbocycles. The number of nitrogens with two attached hydrogens (primary N) is 1. The van der Waals surface area contributed by atoms with Crippen LogP contribution in [-0.2, 0) is 14.8 Å². The fourth-order valence-corrected chi connectivity index (χ4v) is 5.50. The number of hydrogen-bond donors (Lipinski definition) is 2. The number of carbonyl (C=O) groups excluding carboxylic acids is 1. The predicted molar refractivity (Wildman–Crippen MR) is 101 cm³/mol. The van der Waals surface area contributed by atoms with E-state index in [1.165, 1.54) is 4.31 Å². The molecule has 6 nitrogen and oxygen atoms in total. The maximum atomic E-state index is 12.7. The minimum atomic E-state index is -3.48. The predicted octanol–water partition coefficient (Wildman–Crippen LogP) is 1.64. The highest BCUT2D eigenvalue weighted by Gasteiger charge is 2.34. The molecule has 1 amide bonds. The number of nitrogens with zero attached hydrogens (tertiary/aromatic N) is 1. The average molecular weight is 380 g/mol. The van der Waals surface area contributed by atoms with Crippen molar-refractivity contribution in [2.75, 3.05) is 19.6 Å². The SMILES string of the molecule is Cc1ccc(S(=O)(=O)N2CCC(C(=O)NC3CCCC3CN)CC2)cc1. The number of nitrogens with one attached hydrogen (secondary N) is 1. The second-order valence-electron chi connectivity index (χ2n) is 7.53. The standard InChI is InChI=1S/C19H29N3O3S/c1-14-5-7-17(8-6-14)26(24,25)22-11-9-15(10-12-22)19(23)21-18-4-2-3-16(18)13-20/h5-8,15-16,18H,2-4,9-13,20H2,1H3,(H,21,23). The highest BCUT2D eigenvalue weighted by Crippen LogP contribution is 2.27. The average Bonchev–Trinajstić information content (AvgIpc) is 3.09. The van der Waals surface area contributed by atoms with E-state index in [0.29, 0.717) is 43.3 Å². The number of rotatable bonds is 5. The van der Waals surface area contributed by atoms with Crippen LogP contribution in [0.25, 0.3) is 0 Å². The number of carbonyl (C=O) groups is 1. The summed E-state index contributed by atoms with van der Waals surface area (Å²) in [5.41, 5.74) is 6.81. The summed E-state index contributed by atoms with van der Waals surface area (Å²) in [6.45, 7) is 3.32. The van der Waals surface area contributed by atoms with Crippen molar-refractivity contribution in [1.29, 1.82) is 0 Å². The maximum Gasteiger partial charge on any atom is 0.243 e. The third-order valence-corrected chi connectivity index (χ3v) is 7.69. The van der Waals surface area contributed by atoms with Crippen molar-refractivity contribution in [1.82, 2.24) is 9.62 Å². The highest BCUT2D eigenvalue weighted by atomic mass is 32.2. The first-order chi connectivity index (χ1) is 12.4. The molecule has 3 N–H and O–H groups in total. The molecule has 0 bridgehead atoms. The number of piperidine rings is 1. The molecule has 1 saturated heterocycles. The number of benzene rings is 1. The van der Waals surface area contributed by atoms with E-state index < -0.39 is 10.0 Å². The van der Waals surface area contributed by atoms with Crippen LogP contribution in [0.3, 0.4) is 0 Å². The number of aryl methyl sites for hydroxylation is 1. The van der Waals surface area contributed by atoms with E-state index in [0.717, 1.165) is 24.8 Å². The fourth-order valence-electron chi connectivity index (χ4n) is 4.03. The highest BCUT2D eigenvalue weighted by molar-refractivity contribution is 7.89. The molecule has 2 atom stereocenters. The number of hydrogen-bond acceptors (Lipinski definition) is 4. The Labute approximate surface area is 156 Å². The molecule has 1 aromatic carbocycles. The van der Waals surface area contributed by atoms with Gasteiger partial charge in [-0.2, -0.15) is 4.31 Å². The molecule has 3 rings (SSSR count). The van der Waals surface area contributed by atoms with E-state index in [1.54, 1.807) is 12.1 Å². The molecule has 1 saturated carbocycles. The Kier molecular flexibility index (Phi) is 5.99. The molecule has 144 valence electrons. The van der Waals surface area contributed by atoms with Crippen molar-refractivity contribution in [2.45, 2.75) is 50.0 Å². The molecule has 1 aliphatic heterocycles. The van der Waals surface area contributed by atoms with Crippen molar-refractivity contribution in [3.05, 3.63) is 29.8 Å². The van der Waals surface area contributed by atoms with Gasteiger partial charge < -0.3 is 11.1 Å². The molecule has 1 heterocycles. The second kappa shape index (κ2) is 8.06. The van der Waals surface area contributed by atoms with Gasteiger partial charge in [0.05, 0.1) is 4.90 Å². The molecule has 26 heavy (non-hydrogen) atoms. The van der Waals surface area contributed by atoms with Crippen LogP contribution >= 0.6 is 0 Å². The summed E-state index contributed by atoms with van der Waals surface area (Å²) in [5, 5.41) is 3.15. The third-order valence-electron chi connectivity index (χ3n) is 5.77. The second-order valence-corrected chi connectivity index (χ2v) is 9.47. The summed E-state index contributed by atoms with van der Waals surface area (Å²) in [4.78, 5) is 12.9. The molecule has 2 fully saturated rings. The monoisotopic (exact) mass is 379 g/mol. The largest absolute Gasteiger partial charge is 0.353 e. The molecule has 2 aliphatic rings. The van der Waals surface area contributed by atoms with Crippen LogP contribution in [0.5, 0.6) is 0 Å². The van der Waals surface area contributed by atoms with Gasteiger partial charge in [0.25, 0.3) is 0 Å². The zero-order chi connectivity index (χ0) is 18.7. The molecular weight excluding hydrogens is 350 g/mol. The van der Waals surface area contributed by atoms with Crippen LogP contribution in [0, 0.1) is 18.8 Å². The summed E-state index contributed by atoms with van der Waals surface area (Å²) >= 11 is 0. The smallest absolute Gasteiger partial charge is 0.243 e. The summed E-state index contributed by atoms with van der Waals surface area (Å²) in [6.07, 6.45) is 4.32. The van der Waals surface area contributed by atoms with Gasteiger partial charge in [0.15, 0.2) is 0 Å². The normalized spacial score (nSPS) is 25.3. The Balaban J connectivity index is 1.56. The van der Waals surface area contributed by atoms with E-state index in [-0.39, 0.29) is 17.9 Å². The first-order valence-corrected chi connectivity index (χ1v) is 10.9. The van der Waals surface area contributed by atoms with Gasteiger partial charge in [0.1, 0.15) is 0 Å². The van der Waals surface area contributed by atoms with E-state index in [1.807, 2.05) is 19.1 Å². The maximum absolute atomic E-state index is 12.7. The fraction of sp³-hybridized carbons (Fsp3) is 0.632. The van der Waals surface area contributed by atoms with Crippen LogP contribution in [0.1, 0.15) is 37.7 Å². The molecule has 0 radical (unpaired) electrons. The van der Waals surface area contributed by atoms with Gasteiger partial charge in [0, 0.05) is 25.0 Å². The Morgan fingerprint density at radius 2 is 1.81 bits per heavy atom. The van der Waals surface area contributed by atoms with E-state index in [9.17, 15) is 13.2 Å². The lowest BCUT2D eigenvalue weighted by molar-refractivity contribution is -0.127. The Morgan fingerprint density at radius 1 is 1.15 bits per heavy atom. The van der Waals surface area contributed by atoms with Crippen molar-refractivity contribution in [2.24, 2.45) is 17.6 Å². The molecule has 7 heteroatoms. The van der Waals surface area contributed by atoms with Crippen LogP contribution in [0.2, 0.25) is 0 Å². The van der Waals surface area contributed by atoms with Gasteiger partial charge in [-0.25, -0.2) is 8.42 Å². The van der Waals surface area contributed by atoms with Crippen molar-refractivity contribution < 1.29 is 13.2 Å². The molecular formula is C19H29N3O3S. The third kappa shape index (κ3) is 4.10. The minimum Gasteiger partial charge on any atom is -0.353 e. The van der Waals surface area contributed by atoms with Crippen molar-refractivity contribution >= 4 is 15.9 Å². The van der Waals surface area contributed by atoms with Crippen LogP contribution in [0.4, 0.5) is 0 Å². The van der Waals surface area contributed by atoms with Gasteiger partial charge in [-0.15, -0.1) is 0 Å². The Hall–Kier alpha value is -1.44. The molecule has 0 spiro atoms. The van der Waals surface area contributed by atoms with Crippen molar-refractivity contribution in [3.8, 4) is 0 Å². The number of amides is 1. The summed E-state index contributed by atoms with van der Waals surface area (Å²) < 4.78 is 27.0. The molecule has 0 aromatic heterocycles. The van der Waals surface area contributed by atoms with E-state index in [2.05, 4.69) is 5.32 Å². The topological polar surface area (TPSA) is 92.5 Å². The van der Waals surface area contributed by atoms with E-state index >= 15 is 0 Å². The van der Waals surface area contributed by atoms with Crippen LogP contribution in [-0.4, -0.2) is 44.3 Å². The Morgan fingerprint density at radius 3 is 2.42 bits per heavy atom. The lowest BCUT2D eigenvalue weighted by atomic mass is 9.95. The van der Waals surface area contributed by atoms with Gasteiger partial charge in [0.2, 0.25) is 15.9 Å². The van der Waals surface area contributed by atoms with Crippen molar-refractivity contribution in [3.63, 3.8) is 0 Å². The summed E-state index contributed by atoms with van der Waals surface area (Å²) in [7, 11) is -3.48. The zero-order valence-electron chi connectivity index (χ0n) is 15.4. The summed E-state index contributed by atoms with van der Waals surface area (Å²) in [6, 6.07) is 7.10. The van der Waals surface area contributed by atoms with Gasteiger partial charge in [-0.1, -0.05) is 24.1 Å². The van der Waals surface area contributed by atoms with E-state index in [4.69, 9.17) is 5.73 Å².